The number of carbonyl (C=O) groups is 1. The first-order chi connectivity index (χ1) is 16.0. The zero-order valence-electron chi connectivity index (χ0n) is 22.7. The van der Waals surface area contributed by atoms with Gasteiger partial charge in [0.05, 0.1) is 0 Å². The molecule has 0 aromatic carbocycles. The van der Waals surface area contributed by atoms with Crippen molar-refractivity contribution in [2.24, 2.45) is 46.3 Å². The van der Waals surface area contributed by atoms with Gasteiger partial charge in [-0.1, -0.05) is 53.7 Å². The minimum atomic E-state index is -0.299. The van der Waals surface area contributed by atoms with E-state index in [4.69, 9.17) is 14.5 Å². The summed E-state index contributed by atoms with van der Waals surface area (Å²) in [6, 6.07) is 0. The van der Waals surface area contributed by atoms with E-state index in [-0.39, 0.29) is 28.7 Å². The van der Waals surface area contributed by atoms with Gasteiger partial charge in [-0.15, -0.1) is 0 Å². The maximum atomic E-state index is 11.6. The first-order valence-corrected chi connectivity index (χ1v) is 14.2. The quantitative estimate of drug-likeness (QED) is 0.240. The molecular weight excluding hydrogens is 424 g/mol. The lowest BCUT2D eigenvalue weighted by molar-refractivity contribution is -0.536. The molecule has 4 nitrogen and oxygen atoms in total. The number of hydrogen-bond acceptors (Lipinski definition) is 4. The van der Waals surface area contributed by atoms with Gasteiger partial charge < -0.3 is 4.74 Å². The van der Waals surface area contributed by atoms with Crippen LogP contribution in [0.3, 0.4) is 0 Å². The first-order valence-electron chi connectivity index (χ1n) is 14.2. The second kappa shape index (κ2) is 8.33. The third-order valence-electron chi connectivity index (χ3n) is 11.9. The fraction of sp³-hybridized carbons (Fsp3) is 0.900. The van der Waals surface area contributed by atoms with Crippen LogP contribution in [-0.4, -0.2) is 23.3 Å². The lowest BCUT2D eigenvalue weighted by Gasteiger charge is -2.72. The van der Waals surface area contributed by atoms with Gasteiger partial charge in [-0.05, 0) is 92.3 Å². The fourth-order valence-corrected chi connectivity index (χ4v) is 9.63. The van der Waals surface area contributed by atoms with Crippen LogP contribution in [0.4, 0.5) is 0 Å². The van der Waals surface area contributed by atoms with Crippen LogP contribution >= 0.6 is 0 Å². The molecule has 2 aliphatic heterocycles. The molecule has 2 spiro atoms. The highest BCUT2D eigenvalue weighted by Crippen LogP contribution is 2.74. The number of rotatable bonds is 5. The molecule has 2 heterocycles. The third-order valence-corrected chi connectivity index (χ3v) is 11.9. The van der Waals surface area contributed by atoms with Gasteiger partial charge >= 0.3 is 5.97 Å². The maximum absolute atomic E-state index is 11.6. The average molecular weight is 473 g/mol. The van der Waals surface area contributed by atoms with E-state index in [9.17, 15) is 4.79 Å². The zero-order valence-corrected chi connectivity index (χ0v) is 22.7. The molecular formula is C30H48O4. The van der Waals surface area contributed by atoms with Gasteiger partial charge in [0.1, 0.15) is 17.3 Å². The smallest absolute Gasteiger partial charge is 0.302 e. The number of allylic oxidation sites excluding steroid dienone is 2. The van der Waals surface area contributed by atoms with Gasteiger partial charge in [-0.25, -0.2) is 9.78 Å². The van der Waals surface area contributed by atoms with E-state index in [2.05, 4.69) is 53.7 Å². The lowest BCUT2D eigenvalue weighted by Crippen LogP contribution is -2.75. The molecule has 0 radical (unpaired) electrons. The van der Waals surface area contributed by atoms with Gasteiger partial charge in [0, 0.05) is 18.8 Å². The van der Waals surface area contributed by atoms with Crippen molar-refractivity contribution in [3.8, 4) is 0 Å². The van der Waals surface area contributed by atoms with Gasteiger partial charge in [0.2, 0.25) is 0 Å². The summed E-state index contributed by atoms with van der Waals surface area (Å²) in [4.78, 5) is 24.8. The molecule has 0 aromatic heterocycles. The molecule has 6 unspecified atom stereocenters. The molecule has 0 amide bonds. The van der Waals surface area contributed by atoms with Gasteiger partial charge in [0.25, 0.3) is 0 Å². The van der Waals surface area contributed by atoms with E-state index in [0.29, 0.717) is 40.9 Å². The van der Waals surface area contributed by atoms with Crippen molar-refractivity contribution < 1.29 is 19.3 Å². The van der Waals surface area contributed by atoms with Crippen LogP contribution in [0.5, 0.6) is 0 Å². The summed E-state index contributed by atoms with van der Waals surface area (Å²) in [5.41, 5.74) is -0.0150. The van der Waals surface area contributed by atoms with Crippen molar-refractivity contribution in [3.05, 3.63) is 12.2 Å². The molecule has 0 aromatic rings. The van der Waals surface area contributed by atoms with Crippen LogP contribution in [0.15, 0.2) is 12.2 Å². The predicted octanol–water partition coefficient (Wildman–Crippen LogP) is 7.27. The second-order valence-corrected chi connectivity index (χ2v) is 13.7. The standard InChI is InChI=1S/C30H48O4/c1-19(2)20(3)8-9-21(4)24-10-11-25-27(24,6)14-13-26-28(7)15-12-23(32-22(5)31)18-29(28)16-17-30(25,26)34-33-29/h8-9,19-21,23-26H,10-18H2,1-7H3/b9-8+/t20-,21+,23?,24?,25?,26?,27?,28?,29+,30-/m0/s1. The third kappa shape index (κ3) is 3.40. The summed E-state index contributed by atoms with van der Waals surface area (Å²) in [7, 11) is 0. The Hall–Kier alpha value is -0.870. The molecule has 6 fully saturated rings. The number of esters is 1. The van der Waals surface area contributed by atoms with Crippen LogP contribution < -0.4 is 0 Å². The largest absolute Gasteiger partial charge is 0.462 e. The Morgan fingerprint density at radius 2 is 1.68 bits per heavy atom. The van der Waals surface area contributed by atoms with Crippen molar-refractivity contribution >= 4 is 5.97 Å². The first kappa shape index (κ1) is 24.8. The van der Waals surface area contributed by atoms with E-state index < -0.39 is 0 Å². The number of ether oxygens (including phenoxy) is 1. The van der Waals surface area contributed by atoms with Gasteiger partial charge in [-0.2, -0.15) is 0 Å². The monoisotopic (exact) mass is 472 g/mol. The maximum Gasteiger partial charge on any atom is 0.302 e. The van der Waals surface area contributed by atoms with Crippen molar-refractivity contribution in [2.45, 2.75) is 124 Å². The average Bonchev–Trinajstić information content (AvgIpc) is 3.14. The lowest BCUT2D eigenvalue weighted by atomic mass is 9.40. The molecule has 2 saturated heterocycles. The van der Waals surface area contributed by atoms with Crippen LogP contribution in [0.2, 0.25) is 0 Å². The SMILES string of the molecule is CC(=O)OC1CCC2(C)C3CCC4(C)C([C@H](C)/C=C/[C@H](C)C(C)C)CCC4[C@@]34CC[C@]2(C1)OO4. The van der Waals surface area contributed by atoms with E-state index in [0.717, 1.165) is 32.1 Å². The van der Waals surface area contributed by atoms with Crippen LogP contribution in [0.25, 0.3) is 0 Å². The van der Waals surface area contributed by atoms with E-state index in [1.807, 2.05) is 0 Å². The molecule has 2 bridgehead atoms. The zero-order chi connectivity index (χ0) is 24.5. The molecule has 4 aliphatic carbocycles. The summed E-state index contributed by atoms with van der Waals surface area (Å²) in [6.07, 6.45) is 15.0. The Bertz CT molecular complexity index is 824. The van der Waals surface area contributed by atoms with E-state index >= 15 is 0 Å². The number of fused-ring (bicyclic) bond motifs is 3. The van der Waals surface area contributed by atoms with Crippen molar-refractivity contribution in [1.29, 1.82) is 0 Å². The van der Waals surface area contributed by atoms with Crippen LogP contribution in [0.1, 0.15) is 106 Å². The highest BCUT2D eigenvalue weighted by atomic mass is 17.2. The minimum Gasteiger partial charge on any atom is -0.462 e. The summed E-state index contributed by atoms with van der Waals surface area (Å²) in [6.45, 7) is 16.0. The Morgan fingerprint density at radius 1 is 0.912 bits per heavy atom. The highest BCUT2D eigenvalue weighted by Gasteiger charge is 2.76. The molecule has 6 aliphatic rings. The summed E-state index contributed by atoms with van der Waals surface area (Å²) < 4.78 is 5.66. The van der Waals surface area contributed by atoms with E-state index in [1.165, 1.54) is 32.6 Å². The van der Waals surface area contributed by atoms with Crippen LogP contribution in [-0.2, 0) is 19.3 Å². The molecule has 4 saturated carbocycles. The minimum absolute atomic E-state index is 0.0367. The second-order valence-electron chi connectivity index (χ2n) is 13.7. The van der Waals surface area contributed by atoms with Gasteiger partial charge in [-0.3, -0.25) is 4.79 Å². The summed E-state index contributed by atoms with van der Waals surface area (Å²) in [5, 5.41) is 0. The Labute approximate surface area is 207 Å². The summed E-state index contributed by atoms with van der Waals surface area (Å²) in [5.74, 6) is 3.58. The molecule has 0 N–H and O–H groups in total. The van der Waals surface area contributed by atoms with E-state index in [1.54, 1.807) is 0 Å². The highest BCUT2D eigenvalue weighted by molar-refractivity contribution is 5.66. The Balaban J connectivity index is 1.39. The molecule has 4 heteroatoms. The van der Waals surface area contributed by atoms with Crippen molar-refractivity contribution in [1.82, 2.24) is 0 Å². The number of hydrogen-bond donors (Lipinski definition) is 0. The Kier molecular flexibility index (Phi) is 6.08. The number of carbonyl (C=O) groups excluding carboxylic acids is 1. The normalized spacial score (nSPS) is 49.4. The molecule has 192 valence electrons. The topological polar surface area (TPSA) is 44.8 Å². The van der Waals surface area contributed by atoms with Crippen molar-refractivity contribution in [3.63, 3.8) is 0 Å². The Morgan fingerprint density at radius 3 is 2.32 bits per heavy atom. The molecule has 10 atom stereocenters. The molecule has 34 heavy (non-hydrogen) atoms. The van der Waals surface area contributed by atoms with Crippen molar-refractivity contribution in [2.75, 3.05) is 0 Å². The fourth-order valence-electron chi connectivity index (χ4n) is 9.63. The van der Waals surface area contributed by atoms with Crippen LogP contribution in [0, 0.1) is 46.3 Å². The molecule has 6 rings (SSSR count). The summed E-state index contributed by atoms with van der Waals surface area (Å²) >= 11 is 0. The van der Waals surface area contributed by atoms with Gasteiger partial charge in [0.15, 0.2) is 0 Å². The predicted molar refractivity (Wildman–Crippen MR) is 134 cm³/mol.